The van der Waals surface area contributed by atoms with Crippen LogP contribution in [0.3, 0.4) is 0 Å². The number of unbranched alkanes of at least 4 members (excludes halogenated alkanes) is 10. The van der Waals surface area contributed by atoms with E-state index in [2.05, 4.69) is 48.3 Å². The van der Waals surface area contributed by atoms with Crippen molar-refractivity contribution in [1.82, 2.24) is 10.1 Å². The second-order valence-corrected chi connectivity index (χ2v) is 10.4. The van der Waals surface area contributed by atoms with Crippen LogP contribution in [0.15, 0.2) is 65.2 Å². The molecule has 208 valence electrons. The quantitative estimate of drug-likeness (QED) is 0.120. The van der Waals surface area contributed by atoms with Crippen LogP contribution in [0.5, 0.6) is 11.5 Å². The van der Waals surface area contributed by atoms with Crippen molar-refractivity contribution in [1.29, 1.82) is 0 Å². The number of benzene rings is 3. The van der Waals surface area contributed by atoms with Gasteiger partial charge in [0.15, 0.2) is 0 Å². The minimum atomic E-state index is 0.506. The number of nitrogens with zero attached hydrogens (tertiary/aromatic N) is 2. The van der Waals surface area contributed by atoms with E-state index in [1.54, 1.807) is 0 Å². The maximum Gasteiger partial charge on any atom is 0.258 e. The summed E-state index contributed by atoms with van der Waals surface area (Å²) in [6, 6.07) is 20.4. The Morgan fingerprint density at radius 3 is 1.79 bits per heavy atom. The predicted octanol–water partition coefficient (Wildman–Crippen LogP) is 10.0. The summed E-state index contributed by atoms with van der Waals surface area (Å²) in [6.45, 7) is 6.02. The minimum absolute atomic E-state index is 0.506. The molecule has 0 N–H and O–H groups in total. The number of fused-ring (bicyclic) bond motifs is 1. The summed E-state index contributed by atoms with van der Waals surface area (Å²) < 4.78 is 17.5. The summed E-state index contributed by atoms with van der Waals surface area (Å²) in [5.74, 6) is 2.88. The molecule has 0 bridgehead atoms. The van der Waals surface area contributed by atoms with E-state index in [0.717, 1.165) is 59.5 Å². The summed E-state index contributed by atoms with van der Waals surface area (Å²) in [4.78, 5) is 4.65. The highest BCUT2D eigenvalue weighted by molar-refractivity contribution is 5.87. The Balaban J connectivity index is 1.28. The van der Waals surface area contributed by atoms with Gasteiger partial charge in [-0.05, 0) is 66.1 Å². The molecule has 0 spiro atoms. The van der Waals surface area contributed by atoms with Crippen LogP contribution in [-0.4, -0.2) is 23.4 Å². The van der Waals surface area contributed by atoms with Gasteiger partial charge in [-0.1, -0.05) is 101 Å². The molecular weight excluding hydrogens is 484 g/mol. The molecule has 1 aromatic heterocycles. The third-order valence-electron chi connectivity index (χ3n) is 7.13. The highest BCUT2D eigenvalue weighted by Gasteiger charge is 2.12. The molecular formula is C34H44N2O3. The Labute approximate surface area is 233 Å². The van der Waals surface area contributed by atoms with Crippen LogP contribution in [0.2, 0.25) is 0 Å². The zero-order chi connectivity index (χ0) is 27.1. The van der Waals surface area contributed by atoms with Crippen molar-refractivity contribution in [3.63, 3.8) is 0 Å². The Bertz CT molecular complexity index is 1250. The lowest BCUT2D eigenvalue weighted by atomic mass is 10.1. The van der Waals surface area contributed by atoms with Gasteiger partial charge in [0.1, 0.15) is 11.5 Å². The average Bonchev–Trinajstić information content (AvgIpc) is 3.47. The molecule has 0 aliphatic carbocycles. The van der Waals surface area contributed by atoms with E-state index < -0.39 is 0 Å². The second kappa shape index (κ2) is 15.9. The van der Waals surface area contributed by atoms with Crippen molar-refractivity contribution in [2.45, 2.75) is 90.9 Å². The van der Waals surface area contributed by atoms with Gasteiger partial charge >= 0.3 is 0 Å². The molecule has 5 heteroatoms. The van der Waals surface area contributed by atoms with Gasteiger partial charge < -0.3 is 14.0 Å². The van der Waals surface area contributed by atoms with Crippen LogP contribution in [0.4, 0.5) is 0 Å². The summed E-state index contributed by atoms with van der Waals surface area (Å²) in [7, 11) is 0. The maximum absolute atomic E-state index is 5.99. The maximum atomic E-state index is 5.99. The Hall–Kier alpha value is -3.34. The fourth-order valence-electron chi connectivity index (χ4n) is 4.75. The standard InChI is InChI=1S/C34H44N2O3/c1-3-5-7-9-11-13-23-37-31-20-17-27(18-21-31)34-35-33(36-39-34)30-16-15-29-26-32(22-19-28(29)25-30)38-24-14-12-10-8-6-4-2/h15-22,25-26H,3-14,23-24H2,1-2H3. The van der Waals surface area contributed by atoms with Gasteiger partial charge in [0.2, 0.25) is 5.82 Å². The SMILES string of the molecule is CCCCCCCCOc1ccc(-c2nc(-c3ccc4cc(OCCCCCCCC)ccc4c3)no2)cc1. The van der Waals surface area contributed by atoms with Gasteiger partial charge in [-0.15, -0.1) is 0 Å². The highest BCUT2D eigenvalue weighted by Crippen LogP contribution is 2.28. The molecule has 4 aromatic rings. The molecule has 0 fully saturated rings. The zero-order valence-electron chi connectivity index (χ0n) is 23.8. The molecule has 5 nitrogen and oxygen atoms in total. The monoisotopic (exact) mass is 528 g/mol. The smallest absolute Gasteiger partial charge is 0.258 e. The van der Waals surface area contributed by atoms with Crippen LogP contribution >= 0.6 is 0 Å². The first-order chi connectivity index (χ1) is 19.3. The molecule has 0 saturated carbocycles. The van der Waals surface area contributed by atoms with Crippen molar-refractivity contribution < 1.29 is 14.0 Å². The fourth-order valence-corrected chi connectivity index (χ4v) is 4.75. The molecule has 0 saturated heterocycles. The normalized spacial score (nSPS) is 11.2. The number of rotatable bonds is 18. The van der Waals surface area contributed by atoms with Gasteiger partial charge in [0.05, 0.1) is 13.2 Å². The molecule has 4 rings (SSSR count). The fraction of sp³-hybridized carbons (Fsp3) is 0.471. The van der Waals surface area contributed by atoms with Gasteiger partial charge in [-0.25, -0.2) is 0 Å². The van der Waals surface area contributed by atoms with E-state index in [-0.39, 0.29) is 0 Å². The molecule has 0 aliphatic rings. The summed E-state index contributed by atoms with van der Waals surface area (Å²) >= 11 is 0. The van der Waals surface area contributed by atoms with Crippen molar-refractivity contribution in [3.8, 4) is 34.3 Å². The van der Waals surface area contributed by atoms with E-state index in [1.807, 2.05) is 36.4 Å². The van der Waals surface area contributed by atoms with E-state index in [9.17, 15) is 0 Å². The van der Waals surface area contributed by atoms with Crippen molar-refractivity contribution in [2.24, 2.45) is 0 Å². The molecule has 3 aromatic carbocycles. The third kappa shape index (κ3) is 9.12. The van der Waals surface area contributed by atoms with Crippen LogP contribution in [0, 0.1) is 0 Å². The molecule has 0 unspecified atom stereocenters. The minimum Gasteiger partial charge on any atom is -0.494 e. The van der Waals surface area contributed by atoms with E-state index in [4.69, 9.17) is 14.0 Å². The number of ether oxygens (including phenoxy) is 2. The summed E-state index contributed by atoms with van der Waals surface area (Å²) in [5, 5.41) is 6.50. The second-order valence-electron chi connectivity index (χ2n) is 10.4. The first kappa shape index (κ1) is 28.7. The van der Waals surface area contributed by atoms with E-state index >= 15 is 0 Å². The molecule has 0 aliphatic heterocycles. The first-order valence-corrected chi connectivity index (χ1v) is 15.0. The van der Waals surface area contributed by atoms with Gasteiger partial charge in [-0.2, -0.15) is 4.98 Å². The number of aromatic nitrogens is 2. The van der Waals surface area contributed by atoms with Gasteiger partial charge in [0.25, 0.3) is 5.89 Å². The van der Waals surface area contributed by atoms with Gasteiger partial charge in [0, 0.05) is 11.1 Å². The Morgan fingerprint density at radius 2 is 1.10 bits per heavy atom. The van der Waals surface area contributed by atoms with Gasteiger partial charge in [-0.3, -0.25) is 0 Å². The summed E-state index contributed by atoms with van der Waals surface area (Å²) in [6.07, 6.45) is 15.1. The summed E-state index contributed by atoms with van der Waals surface area (Å²) in [5.41, 5.74) is 1.81. The van der Waals surface area contributed by atoms with Crippen LogP contribution in [0.25, 0.3) is 33.6 Å². The lowest BCUT2D eigenvalue weighted by Gasteiger charge is -2.08. The molecule has 0 atom stereocenters. The Morgan fingerprint density at radius 1 is 0.564 bits per heavy atom. The molecule has 39 heavy (non-hydrogen) atoms. The predicted molar refractivity (Wildman–Crippen MR) is 160 cm³/mol. The van der Waals surface area contributed by atoms with Crippen LogP contribution < -0.4 is 9.47 Å². The number of hydrogen-bond donors (Lipinski definition) is 0. The topological polar surface area (TPSA) is 57.4 Å². The molecule has 1 heterocycles. The lowest BCUT2D eigenvalue weighted by Crippen LogP contribution is -1.97. The van der Waals surface area contributed by atoms with Crippen molar-refractivity contribution in [2.75, 3.05) is 13.2 Å². The Kier molecular flexibility index (Phi) is 11.7. The largest absolute Gasteiger partial charge is 0.494 e. The lowest BCUT2D eigenvalue weighted by molar-refractivity contribution is 0.304. The zero-order valence-corrected chi connectivity index (χ0v) is 23.8. The average molecular weight is 529 g/mol. The van der Waals surface area contributed by atoms with Crippen LogP contribution in [-0.2, 0) is 0 Å². The third-order valence-corrected chi connectivity index (χ3v) is 7.13. The highest BCUT2D eigenvalue weighted by atomic mass is 16.5. The number of hydrogen-bond acceptors (Lipinski definition) is 5. The first-order valence-electron chi connectivity index (χ1n) is 15.0. The molecule has 0 amide bonds. The molecule has 0 radical (unpaired) electrons. The van der Waals surface area contributed by atoms with Crippen molar-refractivity contribution >= 4 is 10.8 Å². The van der Waals surface area contributed by atoms with E-state index in [0.29, 0.717) is 11.7 Å². The van der Waals surface area contributed by atoms with Crippen LogP contribution in [0.1, 0.15) is 90.9 Å². The van der Waals surface area contributed by atoms with E-state index in [1.165, 1.54) is 64.2 Å². The van der Waals surface area contributed by atoms with Crippen molar-refractivity contribution in [3.05, 3.63) is 60.7 Å².